The number of imide groups is 1. The Morgan fingerprint density at radius 1 is 0.938 bits per heavy atom. The molecule has 0 aromatic heterocycles. The fourth-order valence-corrected chi connectivity index (χ4v) is 4.32. The first-order valence-electron chi connectivity index (χ1n) is 10.3. The van der Waals surface area contributed by atoms with Gasteiger partial charge in [-0.05, 0) is 55.3 Å². The van der Waals surface area contributed by atoms with Gasteiger partial charge in [-0.25, -0.2) is 4.39 Å². The van der Waals surface area contributed by atoms with Gasteiger partial charge in [0.25, 0.3) is 17.7 Å². The molecule has 6 nitrogen and oxygen atoms in total. The topological polar surface area (TPSA) is 78.5 Å². The Balaban J connectivity index is 1.44. The first-order valence-corrected chi connectivity index (χ1v) is 11.0. The van der Waals surface area contributed by atoms with E-state index in [4.69, 9.17) is 23.2 Å². The molecule has 0 unspecified atom stereocenters. The molecule has 1 saturated carbocycles. The molecule has 9 heteroatoms. The molecule has 1 aliphatic carbocycles. The first kappa shape index (κ1) is 22.3. The summed E-state index contributed by atoms with van der Waals surface area (Å²) in [5.74, 6) is -1.89. The number of halogens is 3. The molecule has 0 bridgehead atoms. The normalized spacial score (nSPS) is 17.2. The van der Waals surface area contributed by atoms with Crippen molar-refractivity contribution >= 4 is 52.3 Å². The molecule has 0 saturated heterocycles. The van der Waals surface area contributed by atoms with Gasteiger partial charge in [0.05, 0.1) is 5.02 Å². The van der Waals surface area contributed by atoms with E-state index in [-0.39, 0.29) is 21.8 Å². The zero-order valence-electron chi connectivity index (χ0n) is 17.0. The van der Waals surface area contributed by atoms with Crippen molar-refractivity contribution < 1.29 is 18.8 Å². The fourth-order valence-electron chi connectivity index (χ4n) is 3.92. The molecule has 1 aliphatic heterocycles. The molecule has 1 fully saturated rings. The maximum absolute atomic E-state index is 13.3. The molecule has 1 heterocycles. The largest absolute Gasteiger partial charge is 0.350 e. The van der Waals surface area contributed by atoms with E-state index in [0.717, 1.165) is 32.1 Å². The maximum Gasteiger partial charge on any atom is 0.279 e. The number of amides is 3. The highest BCUT2D eigenvalue weighted by atomic mass is 35.5. The lowest BCUT2D eigenvalue weighted by Crippen LogP contribution is -2.42. The SMILES string of the molecule is O=C(Nc1ccc(F)c(Cl)c1)c1ccc(NC2=C(Cl)C(=O)N(C3CCCCC3)C2=O)cc1. The highest BCUT2D eigenvalue weighted by Crippen LogP contribution is 2.32. The molecule has 32 heavy (non-hydrogen) atoms. The van der Waals surface area contributed by atoms with Gasteiger partial charge in [-0.3, -0.25) is 19.3 Å². The Hall–Kier alpha value is -2.90. The molecule has 2 aromatic carbocycles. The van der Waals surface area contributed by atoms with Crippen molar-refractivity contribution in [2.24, 2.45) is 0 Å². The van der Waals surface area contributed by atoms with E-state index >= 15 is 0 Å². The molecule has 4 rings (SSSR count). The average molecular weight is 476 g/mol. The second-order valence-electron chi connectivity index (χ2n) is 7.75. The Morgan fingerprint density at radius 3 is 2.25 bits per heavy atom. The van der Waals surface area contributed by atoms with Gasteiger partial charge in [-0.1, -0.05) is 42.5 Å². The highest BCUT2D eigenvalue weighted by molar-refractivity contribution is 6.48. The summed E-state index contributed by atoms with van der Waals surface area (Å²) in [4.78, 5) is 39.1. The molecule has 0 spiro atoms. The quantitative estimate of drug-likeness (QED) is 0.575. The average Bonchev–Trinajstić information content (AvgIpc) is 3.00. The lowest BCUT2D eigenvalue weighted by atomic mass is 9.94. The van der Waals surface area contributed by atoms with Crippen LogP contribution in [0.3, 0.4) is 0 Å². The van der Waals surface area contributed by atoms with Gasteiger partial charge in [0.2, 0.25) is 0 Å². The summed E-state index contributed by atoms with van der Waals surface area (Å²) < 4.78 is 13.3. The summed E-state index contributed by atoms with van der Waals surface area (Å²) in [6.45, 7) is 0. The lowest BCUT2D eigenvalue weighted by Gasteiger charge is -2.29. The van der Waals surface area contributed by atoms with Crippen LogP contribution in [0.4, 0.5) is 15.8 Å². The van der Waals surface area contributed by atoms with Crippen LogP contribution < -0.4 is 10.6 Å². The van der Waals surface area contributed by atoms with Crippen LogP contribution in [0.15, 0.2) is 53.2 Å². The van der Waals surface area contributed by atoms with Crippen molar-refractivity contribution in [1.82, 2.24) is 4.90 Å². The van der Waals surface area contributed by atoms with Crippen molar-refractivity contribution in [3.05, 3.63) is 69.6 Å². The third kappa shape index (κ3) is 4.49. The van der Waals surface area contributed by atoms with Gasteiger partial charge in [0.15, 0.2) is 0 Å². The predicted octanol–water partition coefficient (Wildman–Crippen LogP) is 5.30. The number of nitrogens with one attached hydrogen (secondary N) is 2. The number of nitrogens with zero attached hydrogens (tertiary/aromatic N) is 1. The van der Waals surface area contributed by atoms with Crippen molar-refractivity contribution in [3.8, 4) is 0 Å². The minimum Gasteiger partial charge on any atom is -0.350 e. The summed E-state index contributed by atoms with van der Waals surface area (Å²) in [7, 11) is 0. The second-order valence-corrected chi connectivity index (χ2v) is 8.53. The van der Waals surface area contributed by atoms with Crippen LogP contribution in [0.5, 0.6) is 0 Å². The Morgan fingerprint density at radius 2 is 1.59 bits per heavy atom. The molecule has 2 aliphatic rings. The molecule has 3 amide bonds. The first-order chi connectivity index (χ1) is 15.3. The Bertz CT molecular complexity index is 1110. The maximum atomic E-state index is 13.3. The Kier molecular flexibility index (Phi) is 6.48. The van der Waals surface area contributed by atoms with Gasteiger partial charge in [0, 0.05) is 23.0 Å². The molecule has 166 valence electrons. The zero-order valence-corrected chi connectivity index (χ0v) is 18.5. The van der Waals surface area contributed by atoms with Crippen molar-refractivity contribution in [2.75, 3.05) is 10.6 Å². The molecule has 2 aromatic rings. The number of anilines is 2. The van der Waals surface area contributed by atoms with E-state index in [1.807, 2.05) is 0 Å². The highest BCUT2D eigenvalue weighted by Gasteiger charge is 2.42. The van der Waals surface area contributed by atoms with Gasteiger partial charge in [-0.2, -0.15) is 0 Å². The molecule has 2 N–H and O–H groups in total. The summed E-state index contributed by atoms with van der Waals surface area (Å²) in [6.07, 6.45) is 4.65. The van der Waals surface area contributed by atoms with Crippen molar-refractivity contribution in [3.63, 3.8) is 0 Å². The Labute approximate surface area is 194 Å². The number of carbonyl (C=O) groups is 3. The minimum absolute atomic E-state index is 0.0420. The van der Waals surface area contributed by atoms with E-state index < -0.39 is 23.5 Å². The van der Waals surface area contributed by atoms with Gasteiger partial charge >= 0.3 is 0 Å². The second kappa shape index (κ2) is 9.30. The number of carbonyl (C=O) groups excluding carboxylic acids is 3. The molecular formula is C23H20Cl2FN3O3. The summed E-state index contributed by atoms with van der Waals surface area (Å²) in [6, 6.07) is 10.1. The third-order valence-electron chi connectivity index (χ3n) is 5.59. The van der Waals surface area contributed by atoms with E-state index in [9.17, 15) is 18.8 Å². The summed E-state index contributed by atoms with van der Waals surface area (Å²) >= 11 is 11.9. The van der Waals surface area contributed by atoms with Gasteiger partial charge in [-0.15, -0.1) is 0 Å². The lowest BCUT2D eigenvalue weighted by molar-refractivity contribution is -0.140. The van der Waals surface area contributed by atoms with E-state index in [1.165, 1.54) is 23.1 Å². The smallest absolute Gasteiger partial charge is 0.279 e. The van der Waals surface area contributed by atoms with Crippen molar-refractivity contribution in [1.29, 1.82) is 0 Å². The molecule has 0 radical (unpaired) electrons. The zero-order chi connectivity index (χ0) is 22.8. The van der Waals surface area contributed by atoms with Gasteiger partial charge < -0.3 is 10.6 Å². The van der Waals surface area contributed by atoms with Crippen LogP contribution >= 0.6 is 23.2 Å². The standard InChI is InChI=1S/C23H20Cl2FN3O3/c24-17-12-15(10-11-18(17)26)28-21(30)13-6-8-14(9-7-13)27-20-19(25)22(31)29(23(20)32)16-4-2-1-3-5-16/h6-12,16,27H,1-5H2,(H,28,30). The van der Waals surface area contributed by atoms with Crippen LogP contribution in [-0.4, -0.2) is 28.7 Å². The van der Waals surface area contributed by atoms with Crippen LogP contribution in [0.25, 0.3) is 0 Å². The fraction of sp³-hybridized carbons (Fsp3) is 0.261. The van der Waals surface area contributed by atoms with Gasteiger partial charge in [0.1, 0.15) is 16.5 Å². The minimum atomic E-state index is -0.574. The molecular weight excluding hydrogens is 456 g/mol. The number of hydrogen-bond donors (Lipinski definition) is 2. The van der Waals surface area contributed by atoms with E-state index in [0.29, 0.717) is 16.9 Å². The van der Waals surface area contributed by atoms with Crippen LogP contribution in [0.2, 0.25) is 5.02 Å². The van der Waals surface area contributed by atoms with Crippen LogP contribution in [0.1, 0.15) is 42.5 Å². The van der Waals surface area contributed by atoms with E-state index in [1.54, 1.807) is 24.3 Å². The number of benzene rings is 2. The summed E-state index contributed by atoms with van der Waals surface area (Å²) in [5, 5.41) is 5.33. The van der Waals surface area contributed by atoms with Crippen molar-refractivity contribution in [2.45, 2.75) is 38.1 Å². The number of rotatable bonds is 5. The number of hydrogen-bond acceptors (Lipinski definition) is 4. The monoisotopic (exact) mass is 475 g/mol. The summed E-state index contributed by atoms with van der Waals surface area (Å²) in [5.41, 5.74) is 1.25. The molecule has 0 atom stereocenters. The van der Waals surface area contributed by atoms with E-state index in [2.05, 4.69) is 10.6 Å². The predicted molar refractivity (Wildman–Crippen MR) is 121 cm³/mol. The third-order valence-corrected chi connectivity index (χ3v) is 6.23. The van der Waals surface area contributed by atoms with Crippen LogP contribution in [-0.2, 0) is 9.59 Å². The van der Waals surface area contributed by atoms with Crippen LogP contribution in [0, 0.1) is 5.82 Å².